The first-order chi connectivity index (χ1) is 32.7. The summed E-state index contributed by atoms with van der Waals surface area (Å²) in [4.78, 5) is 29.0. The third-order valence-corrected chi connectivity index (χ3v) is 11.9. The lowest BCUT2D eigenvalue weighted by Gasteiger charge is -2.39. The van der Waals surface area contributed by atoms with Gasteiger partial charge in [0.1, 0.15) is 18.2 Å². The second kappa shape index (κ2) is 19.5. The molecule has 1 aliphatic rings. The standard InChI is InChI=1S/C40H28F26N2O4S/c1-3-12-71-27(69)25-16-73-26(68-25)17(2)67-28(70)72-15-24-22-13-18(8-10-29(41,42)31(45,46)33(49,50)35(53,54)37(57,58)39(61,62)63)4-6-20(22)21-7-5-19(14-23(21)24)9-11-30(43,44)32(47,48)34(51,52)36(55,56)38(59,60)40(64,65)66/h3-7,13-14,16-17,24H,1,8-12,15H2,2H3,(H,67,70)/t17-/m1/s1. The molecule has 2 aromatic carbocycles. The van der Waals surface area contributed by atoms with E-state index in [-0.39, 0.29) is 39.6 Å². The van der Waals surface area contributed by atoms with Crippen LogP contribution in [0.1, 0.15) is 69.5 Å². The number of halogens is 26. The Morgan fingerprint density at radius 1 is 0.603 bits per heavy atom. The maximum absolute atomic E-state index is 14.7. The van der Waals surface area contributed by atoms with E-state index in [0.29, 0.717) is 24.3 Å². The van der Waals surface area contributed by atoms with Crippen molar-refractivity contribution in [3.8, 4) is 11.1 Å². The molecule has 0 unspecified atom stereocenters. The van der Waals surface area contributed by atoms with E-state index < -0.39 is 139 Å². The van der Waals surface area contributed by atoms with E-state index in [2.05, 4.69) is 16.9 Å². The van der Waals surface area contributed by atoms with Gasteiger partial charge in [-0.05, 0) is 53.1 Å². The van der Waals surface area contributed by atoms with Crippen LogP contribution in [0.5, 0.6) is 0 Å². The molecule has 1 aromatic heterocycles. The van der Waals surface area contributed by atoms with Crippen molar-refractivity contribution in [3.05, 3.63) is 87.4 Å². The maximum atomic E-state index is 14.7. The molecule has 1 N–H and O–H groups in total. The van der Waals surface area contributed by atoms with Gasteiger partial charge in [0.05, 0.1) is 6.04 Å². The monoisotopic (exact) mass is 1130 g/mol. The molecule has 6 nitrogen and oxygen atoms in total. The van der Waals surface area contributed by atoms with Crippen molar-refractivity contribution in [1.82, 2.24) is 10.3 Å². The van der Waals surface area contributed by atoms with E-state index in [4.69, 9.17) is 9.47 Å². The molecular formula is C40H28F26N2O4S. The van der Waals surface area contributed by atoms with E-state index in [9.17, 15) is 124 Å². The van der Waals surface area contributed by atoms with Gasteiger partial charge in [0.2, 0.25) is 0 Å². The minimum atomic E-state index is -8.20. The molecular weight excluding hydrogens is 1100 g/mol. The highest BCUT2D eigenvalue weighted by Crippen LogP contribution is 2.63. The second-order valence-electron chi connectivity index (χ2n) is 15.8. The number of esters is 1. The van der Waals surface area contributed by atoms with Crippen LogP contribution in [0.3, 0.4) is 0 Å². The maximum Gasteiger partial charge on any atom is 0.460 e. The summed E-state index contributed by atoms with van der Waals surface area (Å²) in [5.74, 6) is -79.6. The first-order valence-electron chi connectivity index (χ1n) is 19.6. The summed E-state index contributed by atoms with van der Waals surface area (Å²) >= 11 is 0.791. The van der Waals surface area contributed by atoms with Crippen LogP contribution in [0.2, 0.25) is 0 Å². The molecule has 3 aromatic rings. The van der Waals surface area contributed by atoms with Gasteiger partial charge in [0.25, 0.3) is 0 Å². The van der Waals surface area contributed by atoms with Crippen LogP contribution < -0.4 is 5.32 Å². The fraction of sp³-hybridized carbons (Fsp3) is 0.525. The van der Waals surface area contributed by atoms with Crippen LogP contribution in [-0.2, 0) is 22.3 Å². The van der Waals surface area contributed by atoms with Crippen molar-refractivity contribution in [1.29, 1.82) is 0 Å². The minimum absolute atomic E-state index is 0.0178. The quantitative estimate of drug-likeness (QED) is 0.0653. The average Bonchev–Trinajstić information content (AvgIpc) is 3.88. The number of ether oxygens (including phenoxy) is 2. The molecule has 0 aliphatic heterocycles. The van der Waals surface area contributed by atoms with Crippen molar-refractivity contribution < 1.29 is 133 Å². The van der Waals surface area contributed by atoms with Crippen LogP contribution in [0.4, 0.5) is 119 Å². The summed E-state index contributed by atoms with van der Waals surface area (Å²) in [6, 6.07) is 3.46. The summed E-state index contributed by atoms with van der Waals surface area (Å²) < 4.78 is 367. The smallest absolute Gasteiger partial charge is 0.457 e. The summed E-state index contributed by atoms with van der Waals surface area (Å²) in [6.07, 6.45) is -24.3. The van der Waals surface area contributed by atoms with Crippen LogP contribution in [0.15, 0.2) is 54.4 Å². The molecule has 0 bridgehead atoms. The van der Waals surface area contributed by atoms with Gasteiger partial charge in [-0.25, -0.2) is 14.6 Å². The molecule has 1 aliphatic carbocycles. The number of amides is 1. The van der Waals surface area contributed by atoms with Gasteiger partial charge in [-0.1, -0.05) is 49.1 Å². The highest BCUT2D eigenvalue weighted by Gasteiger charge is 2.92. The zero-order chi connectivity index (χ0) is 56.4. The molecule has 0 saturated heterocycles. The molecule has 1 atom stereocenters. The third kappa shape index (κ3) is 10.3. The van der Waals surface area contributed by atoms with Gasteiger partial charge in [-0.3, -0.25) is 0 Å². The first kappa shape index (κ1) is 60.3. The summed E-state index contributed by atoms with van der Waals surface area (Å²) in [5.41, 5.74) is -2.60. The number of carbonyl (C=O) groups excluding carboxylic acids is 2. The Kier molecular flexibility index (Phi) is 16.1. The molecule has 0 fully saturated rings. The van der Waals surface area contributed by atoms with E-state index in [1.54, 1.807) is 0 Å². The Morgan fingerprint density at radius 3 is 1.36 bits per heavy atom. The molecule has 1 amide bonds. The number of hydrogen-bond acceptors (Lipinski definition) is 6. The van der Waals surface area contributed by atoms with Crippen LogP contribution in [0, 0.1) is 0 Å². The Hall–Kier alpha value is -5.27. The number of alkyl carbamates (subject to hydrolysis) is 1. The molecule has 1 heterocycles. The zero-order valence-corrected chi connectivity index (χ0v) is 36.4. The third-order valence-electron chi connectivity index (χ3n) is 10.9. The number of thiazole rings is 1. The van der Waals surface area contributed by atoms with Gasteiger partial charge in [0, 0.05) is 24.1 Å². The topological polar surface area (TPSA) is 77.5 Å². The predicted octanol–water partition coefficient (Wildman–Crippen LogP) is 14.4. The van der Waals surface area contributed by atoms with E-state index in [1.807, 2.05) is 0 Å². The highest BCUT2D eigenvalue weighted by molar-refractivity contribution is 7.09. The Morgan fingerprint density at radius 2 is 0.986 bits per heavy atom. The Bertz CT molecular complexity index is 2390. The van der Waals surface area contributed by atoms with Gasteiger partial charge in [-0.15, -0.1) is 11.3 Å². The Labute approximate surface area is 394 Å². The number of aromatic nitrogens is 1. The molecule has 410 valence electrons. The fourth-order valence-corrected chi connectivity index (χ4v) is 7.49. The number of fused-ring (bicyclic) bond motifs is 3. The van der Waals surface area contributed by atoms with Crippen molar-refractivity contribution in [2.75, 3.05) is 13.2 Å². The largest absolute Gasteiger partial charge is 0.460 e. The van der Waals surface area contributed by atoms with Crippen molar-refractivity contribution in [2.45, 2.75) is 116 Å². The van der Waals surface area contributed by atoms with Crippen LogP contribution >= 0.6 is 11.3 Å². The number of carbonyl (C=O) groups is 2. The summed E-state index contributed by atoms with van der Waals surface area (Å²) in [6.45, 7) is 3.34. The number of rotatable bonds is 21. The fourth-order valence-electron chi connectivity index (χ4n) is 6.70. The highest BCUT2D eigenvalue weighted by atomic mass is 32.1. The number of benzene rings is 2. The molecule has 33 heteroatoms. The predicted molar refractivity (Wildman–Crippen MR) is 197 cm³/mol. The van der Waals surface area contributed by atoms with Gasteiger partial charge >= 0.3 is 83.6 Å². The molecule has 73 heavy (non-hydrogen) atoms. The second-order valence-corrected chi connectivity index (χ2v) is 16.7. The summed E-state index contributed by atoms with van der Waals surface area (Å²) in [5, 5.41) is 3.44. The van der Waals surface area contributed by atoms with E-state index >= 15 is 0 Å². The number of nitrogens with one attached hydrogen (secondary N) is 1. The summed E-state index contributed by atoms with van der Waals surface area (Å²) in [7, 11) is 0. The lowest BCUT2D eigenvalue weighted by Crippen LogP contribution is -2.70. The van der Waals surface area contributed by atoms with Crippen LogP contribution in [-0.4, -0.2) is 102 Å². The normalized spacial score (nSPS) is 15.4. The van der Waals surface area contributed by atoms with Gasteiger partial charge in [0.15, 0.2) is 5.69 Å². The number of hydrogen-bond donors (Lipinski definition) is 1. The first-order valence-corrected chi connectivity index (χ1v) is 20.5. The van der Waals surface area contributed by atoms with Crippen molar-refractivity contribution in [3.63, 3.8) is 0 Å². The van der Waals surface area contributed by atoms with Crippen LogP contribution in [0.25, 0.3) is 11.1 Å². The van der Waals surface area contributed by atoms with Crippen molar-refractivity contribution in [2.24, 2.45) is 0 Å². The molecule has 4 rings (SSSR count). The SMILES string of the molecule is C=CCOC(=O)c1csc([C@@H](C)NC(=O)OCC2c3cc(CCC(F)(F)C(F)(F)C(F)(F)C(F)(F)C(F)(F)C(F)(F)F)ccc3-c3ccc(CCC(F)(F)C(F)(F)C(F)(F)C(F)(F)C(F)(F)C(F)(F)F)cc32)n1. The van der Waals surface area contributed by atoms with E-state index in [1.165, 1.54) is 18.4 Å². The van der Waals surface area contributed by atoms with Crippen molar-refractivity contribution >= 4 is 23.4 Å². The number of nitrogens with zero attached hydrogens (tertiary/aromatic N) is 1. The lowest BCUT2D eigenvalue weighted by molar-refractivity contribution is -0.440. The molecule has 0 radical (unpaired) electrons. The average molecular weight is 1130 g/mol. The molecule has 0 saturated carbocycles. The minimum Gasteiger partial charge on any atom is -0.457 e. The number of aryl methyl sites for hydroxylation is 2. The zero-order valence-electron chi connectivity index (χ0n) is 35.5. The number of alkyl halides is 26. The Balaban J connectivity index is 1.68. The lowest BCUT2D eigenvalue weighted by atomic mass is 9.90. The van der Waals surface area contributed by atoms with E-state index in [0.717, 1.165) is 23.5 Å². The molecule has 0 spiro atoms. The van der Waals surface area contributed by atoms with Gasteiger partial charge in [-0.2, -0.15) is 114 Å². The van der Waals surface area contributed by atoms with Gasteiger partial charge < -0.3 is 14.8 Å².